The van der Waals surface area contributed by atoms with E-state index in [9.17, 15) is 4.79 Å². The van der Waals surface area contributed by atoms with Gasteiger partial charge in [-0.3, -0.25) is 4.98 Å². The van der Waals surface area contributed by atoms with E-state index in [1.165, 1.54) is 0 Å². The Bertz CT molecular complexity index is 300. The fourth-order valence-electron chi connectivity index (χ4n) is 1.05. The average molecular weight is 207 g/mol. The third-order valence-electron chi connectivity index (χ3n) is 2.15. The lowest BCUT2D eigenvalue weighted by atomic mass is 10.3. The highest BCUT2D eigenvalue weighted by Gasteiger charge is 2.04. The highest BCUT2D eigenvalue weighted by Crippen LogP contribution is 1.92. The van der Waals surface area contributed by atoms with Gasteiger partial charge in [0, 0.05) is 12.2 Å². The van der Waals surface area contributed by atoms with Crippen molar-refractivity contribution in [3.63, 3.8) is 0 Å². The van der Waals surface area contributed by atoms with Crippen LogP contribution in [0.5, 0.6) is 0 Å². The second-order valence-corrected chi connectivity index (χ2v) is 3.46. The second-order valence-electron chi connectivity index (χ2n) is 3.46. The molecule has 82 valence electrons. The van der Waals surface area contributed by atoms with Crippen LogP contribution in [0, 0.1) is 0 Å². The number of nitrogens with zero attached hydrogens (tertiary/aromatic N) is 1. The number of carbonyl (C=O) groups excluding carboxylic acids is 1. The van der Waals surface area contributed by atoms with Gasteiger partial charge in [-0.1, -0.05) is 13.0 Å². The van der Waals surface area contributed by atoms with Crippen LogP contribution in [-0.2, 0) is 6.54 Å². The van der Waals surface area contributed by atoms with Crippen molar-refractivity contribution in [2.24, 2.45) is 0 Å². The van der Waals surface area contributed by atoms with Gasteiger partial charge in [0.2, 0.25) is 0 Å². The molecule has 0 fully saturated rings. The van der Waals surface area contributed by atoms with Gasteiger partial charge in [0.25, 0.3) is 0 Å². The molecule has 1 atom stereocenters. The van der Waals surface area contributed by atoms with Crippen LogP contribution in [0.15, 0.2) is 24.4 Å². The number of carbonyl (C=O) groups is 1. The van der Waals surface area contributed by atoms with E-state index in [2.05, 4.69) is 15.6 Å². The van der Waals surface area contributed by atoms with Gasteiger partial charge >= 0.3 is 6.03 Å². The molecule has 0 bridgehead atoms. The topological polar surface area (TPSA) is 54.0 Å². The number of amides is 2. The zero-order chi connectivity index (χ0) is 11.1. The SMILES string of the molecule is CC[C@@H](C)NC(=O)NCc1ccccn1. The van der Waals surface area contributed by atoms with E-state index in [0.717, 1.165) is 12.1 Å². The second kappa shape index (κ2) is 6.01. The Balaban J connectivity index is 2.29. The molecule has 15 heavy (non-hydrogen) atoms. The van der Waals surface area contributed by atoms with Gasteiger partial charge in [0.15, 0.2) is 0 Å². The number of hydrogen-bond donors (Lipinski definition) is 2. The van der Waals surface area contributed by atoms with Crippen molar-refractivity contribution in [3.05, 3.63) is 30.1 Å². The molecule has 0 aliphatic carbocycles. The fourth-order valence-corrected chi connectivity index (χ4v) is 1.05. The van der Waals surface area contributed by atoms with Gasteiger partial charge in [-0.05, 0) is 25.5 Å². The smallest absolute Gasteiger partial charge is 0.315 e. The molecule has 0 unspecified atom stereocenters. The molecule has 1 rings (SSSR count). The maximum absolute atomic E-state index is 11.3. The molecule has 0 saturated heterocycles. The van der Waals surface area contributed by atoms with Crippen molar-refractivity contribution in [2.75, 3.05) is 0 Å². The highest BCUT2D eigenvalue weighted by molar-refractivity contribution is 5.74. The normalized spacial score (nSPS) is 11.9. The van der Waals surface area contributed by atoms with Crippen LogP contribution in [0.3, 0.4) is 0 Å². The summed E-state index contributed by atoms with van der Waals surface area (Å²) in [5.41, 5.74) is 0.858. The minimum absolute atomic E-state index is 0.144. The van der Waals surface area contributed by atoms with Crippen LogP contribution < -0.4 is 10.6 Å². The zero-order valence-electron chi connectivity index (χ0n) is 9.16. The quantitative estimate of drug-likeness (QED) is 0.789. The molecular weight excluding hydrogens is 190 g/mol. The first-order chi connectivity index (χ1) is 7.22. The van der Waals surface area contributed by atoms with Crippen LogP contribution in [0.4, 0.5) is 4.79 Å². The molecule has 4 heteroatoms. The summed E-state index contributed by atoms with van der Waals surface area (Å²) in [4.78, 5) is 15.4. The van der Waals surface area contributed by atoms with Crippen molar-refractivity contribution in [3.8, 4) is 0 Å². The van der Waals surface area contributed by atoms with E-state index in [1.807, 2.05) is 32.0 Å². The van der Waals surface area contributed by atoms with Crippen LogP contribution in [0.2, 0.25) is 0 Å². The Morgan fingerprint density at radius 3 is 2.93 bits per heavy atom. The van der Waals surface area contributed by atoms with E-state index >= 15 is 0 Å². The Hall–Kier alpha value is -1.58. The summed E-state index contributed by atoms with van der Waals surface area (Å²) in [7, 11) is 0. The third-order valence-corrected chi connectivity index (χ3v) is 2.15. The minimum atomic E-state index is -0.144. The molecule has 0 aliphatic rings. The summed E-state index contributed by atoms with van der Waals surface area (Å²) in [6.45, 7) is 4.47. The summed E-state index contributed by atoms with van der Waals surface area (Å²) < 4.78 is 0. The zero-order valence-corrected chi connectivity index (χ0v) is 9.16. The number of rotatable bonds is 4. The number of nitrogens with one attached hydrogen (secondary N) is 2. The van der Waals surface area contributed by atoms with E-state index in [-0.39, 0.29) is 12.1 Å². The van der Waals surface area contributed by atoms with Crippen molar-refractivity contribution in [1.82, 2.24) is 15.6 Å². The number of pyridine rings is 1. The van der Waals surface area contributed by atoms with Crippen LogP contribution in [0.1, 0.15) is 26.0 Å². The van der Waals surface area contributed by atoms with Gasteiger partial charge in [0.1, 0.15) is 0 Å². The molecule has 0 aliphatic heterocycles. The lowest BCUT2D eigenvalue weighted by Gasteiger charge is -2.12. The van der Waals surface area contributed by atoms with Gasteiger partial charge in [-0.25, -0.2) is 4.79 Å². The van der Waals surface area contributed by atoms with Gasteiger partial charge < -0.3 is 10.6 Å². The molecular formula is C11H17N3O. The minimum Gasteiger partial charge on any atom is -0.336 e. The molecule has 0 saturated carbocycles. The molecule has 4 nitrogen and oxygen atoms in total. The first-order valence-electron chi connectivity index (χ1n) is 5.16. The maximum Gasteiger partial charge on any atom is 0.315 e. The Labute approximate surface area is 90.1 Å². The molecule has 0 spiro atoms. The average Bonchev–Trinajstić information content (AvgIpc) is 2.27. The summed E-state index contributed by atoms with van der Waals surface area (Å²) in [6.07, 6.45) is 2.64. The standard InChI is InChI=1S/C11H17N3O/c1-3-9(2)14-11(15)13-8-10-6-4-5-7-12-10/h4-7,9H,3,8H2,1-2H3,(H2,13,14,15)/t9-/m1/s1. The third kappa shape index (κ3) is 4.44. The Morgan fingerprint density at radius 1 is 1.53 bits per heavy atom. The summed E-state index contributed by atoms with van der Waals surface area (Å²) >= 11 is 0. The molecule has 0 aromatic carbocycles. The lowest BCUT2D eigenvalue weighted by Crippen LogP contribution is -2.40. The Kier molecular flexibility index (Phi) is 4.60. The fraction of sp³-hybridized carbons (Fsp3) is 0.455. The molecule has 1 aromatic heterocycles. The van der Waals surface area contributed by atoms with E-state index < -0.39 is 0 Å². The van der Waals surface area contributed by atoms with E-state index in [0.29, 0.717) is 6.54 Å². The monoisotopic (exact) mass is 207 g/mol. The van der Waals surface area contributed by atoms with E-state index in [1.54, 1.807) is 6.20 Å². The summed E-state index contributed by atoms with van der Waals surface area (Å²) in [5.74, 6) is 0. The first kappa shape index (κ1) is 11.5. The maximum atomic E-state index is 11.3. The van der Waals surface area contributed by atoms with Gasteiger partial charge in [-0.15, -0.1) is 0 Å². The lowest BCUT2D eigenvalue weighted by molar-refractivity contribution is 0.237. The molecule has 2 amide bonds. The predicted molar refractivity (Wildman–Crippen MR) is 59.4 cm³/mol. The van der Waals surface area contributed by atoms with Crippen molar-refractivity contribution in [1.29, 1.82) is 0 Å². The van der Waals surface area contributed by atoms with E-state index in [4.69, 9.17) is 0 Å². The predicted octanol–water partition coefficient (Wildman–Crippen LogP) is 1.68. The highest BCUT2D eigenvalue weighted by atomic mass is 16.2. The van der Waals surface area contributed by atoms with Crippen LogP contribution in [0.25, 0.3) is 0 Å². The number of aromatic nitrogens is 1. The molecule has 1 aromatic rings. The van der Waals surface area contributed by atoms with Crippen LogP contribution in [-0.4, -0.2) is 17.1 Å². The Morgan fingerprint density at radius 2 is 2.33 bits per heavy atom. The summed E-state index contributed by atoms with van der Waals surface area (Å²) in [5, 5.41) is 5.57. The van der Waals surface area contributed by atoms with Gasteiger partial charge in [-0.2, -0.15) is 0 Å². The largest absolute Gasteiger partial charge is 0.336 e. The number of urea groups is 1. The molecule has 0 radical (unpaired) electrons. The molecule has 2 N–H and O–H groups in total. The van der Waals surface area contributed by atoms with Crippen LogP contribution >= 0.6 is 0 Å². The van der Waals surface area contributed by atoms with Crippen molar-refractivity contribution >= 4 is 6.03 Å². The van der Waals surface area contributed by atoms with Crippen molar-refractivity contribution in [2.45, 2.75) is 32.9 Å². The molecule has 1 heterocycles. The first-order valence-corrected chi connectivity index (χ1v) is 5.16. The van der Waals surface area contributed by atoms with Gasteiger partial charge in [0.05, 0.1) is 12.2 Å². The number of hydrogen-bond acceptors (Lipinski definition) is 2. The summed E-state index contributed by atoms with van der Waals surface area (Å²) in [6, 6.07) is 5.69. The van der Waals surface area contributed by atoms with Crippen molar-refractivity contribution < 1.29 is 4.79 Å².